The fourth-order valence-corrected chi connectivity index (χ4v) is 1.52. The lowest BCUT2D eigenvalue weighted by atomic mass is 10.1. The van der Waals surface area contributed by atoms with Crippen molar-refractivity contribution in [1.29, 1.82) is 0 Å². The van der Waals surface area contributed by atoms with Gasteiger partial charge in [-0.1, -0.05) is 27.5 Å². The van der Waals surface area contributed by atoms with Crippen molar-refractivity contribution >= 4 is 33.3 Å². The van der Waals surface area contributed by atoms with E-state index in [1.165, 1.54) is 0 Å². The molecule has 0 N–H and O–H groups in total. The van der Waals surface area contributed by atoms with Gasteiger partial charge in [0.1, 0.15) is 5.75 Å². The van der Waals surface area contributed by atoms with E-state index in [4.69, 9.17) is 16.3 Å². The fraction of sp³-hybridized carbons (Fsp3) is 0.300. The predicted octanol–water partition coefficient (Wildman–Crippen LogP) is 3.32. The molecule has 0 aromatic heterocycles. The second-order valence-electron chi connectivity index (χ2n) is 2.64. The van der Waals surface area contributed by atoms with Crippen LogP contribution >= 0.6 is 27.5 Å². The molecule has 0 aliphatic carbocycles. The summed E-state index contributed by atoms with van der Waals surface area (Å²) in [6, 6.07) is 5.02. The molecule has 0 spiro atoms. The number of halogens is 2. The van der Waals surface area contributed by atoms with Gasteiger partial charge < -0.3 is 4.74 Å². The molecule has 0 amide bonds. The molecule has 1 aromatic rings. The van der Waals surface area contributed by atoms with E-state index in [2.05, 4.69) is 15.9 Å². The van der Waals surface area contributed by atoms with Crippen LogP contribution in [0.1, 0.15) is 17.3 Å². The number of ketones is 1. The minimum Gasteiger partial charge on any atom is -0.492 e. The zero-order valence-electron chi connectivity index (χ0n) is 7.72. The minimum atomic E-state index is 0.0163. The molecule has 1 rings (SSSR count). The van der Waals surface area contributed by atoms with E-state index in [1.807, 2.05) is 6.92 Å². The quantitative estimate of drug-likeness (QED) is 0.623. The van der Waals surface area contributed by atoms with E-state index in [9.17, 15) is 4.79 Å². The van der Waals surface area contributed by atoms with Crippen LogP contribution in [0.2, 0.25) is 5.02 Å². The molecule has 0 heterocycles. The molecule has 14 heavy (non-hydrogen) atoms. The van der Waals surface area contributed by atoms with Gasteiger partial charge in [0.2, 0.25) is 0 Å². The van der Waals surface area contributed by atoms with Crippen molar-refractivity contribution in [2.75, 3.05) is 11.9 Å². The maximum Gasteiger partial charge on any atom is 0.173 e. The summed E-state index contributed by atoms with van der Waals surface area (Å²) in [6.45, 7) is 2.40. The Morgan fingerprint density at radius 1 is 1.57 bits per heavy atom. The van der Waals surface area contributed by atoms with Gasteiger partial charge in [0.15, 0.2) is 5.78 Å². The molecule has 2 nitrogen and oxygen atoms in total. The number of rotatable bonds is 4. The second kappa shape index (κ2) is 5.37. The fourth-order valence-electron chi connectivity index (χ4n) is 1.02. The molecule has 0 atom stereocenters. The van der Waals surface area contributed by atoms with Crippen LogP contribution < -0.4 is 4.74 Å². The van der Waals surface area contributed by atoms with Crippen molar-refractivity contribution in [3.63, 3.8) is 0 Å². The van der Waals surface area contributed by atoms with Crippen LogP contribution in [0.3, 0.4) is 0 Å². The third-order valence-corrected chi connectivity index (χ3v) is 2.50. The topological polar surface area (TPSA) is 26.3 Å². The largest absolute Gasteiger partial charge is 0.492 e. The van der Waals surface area contributed by atoms with Gasteiger partial charge in [0, 0.05) is 5.56 Å². The number of carbonyl (C=O) groups excluding carboxylic acids is 1. The Hall–Kier alpha value is -0.540. The monoisotopic (exact) mass is 276 g/mol. The van der Waals surface area contributed by atoms with Crippen LogP contribution in [0.15, 0.2) is 18.2 Å². The third kappa shape index (κ3) is 2.72. The molecule has 76 valence electrons. The Labute approximate surface area is 96.3 Å². The lowest BCUT2D eigenvalue weighted by Gasteiger charge is -2.06. The van der Waals surface area contributed by atoms with Crippen LogP contribution in [-0.2, 0) is 0 Å². The number of Topliss-reactive ketones (excluding diaryl/α,β-unsaturated/α-hetero) is 1. The van der Waals surface area contributed by atoms with Crippen molar-refractivity contribution in [2.24, 2.45) is 0 Å². The van der Waals surface area contributed by atoms with Crippen molar-refractivity contribution < 1.29 is 9.53 Å². The molecule has 0 radical (unpaired) electrons. The summed E-state index contributed by atoms with van der Waals surface area (Å²) in [7, 11) is 0. The lowest BCUT2D eigenvalue weighted by molar-refractivity contribution is 0.102. The molecule has 0 fully saturated rings. The Bertz CT molecular complexity index is 339. The number of hydrogen-bond donors (Lipinski definition) is 0. The van der Waals surface area contributed by atoms with E-state index in [0.717, 1.165) is 0 Å². The molecule has 0 bridgehead atoms. The first kappa shape index (κ1) is 11.5. The highest BCUT2D eigenvalue weighted by atomic mass is 79.9. The number of hydrogen-bond acceptors (Lipinski definition) is 2. The van der Waals surface area contributed by atoms with Crippen molar-refractivity contribution in [1.82, 2.24) is 0 Å². The average molecular weight is 278 g/mol. The summed E-state index contributed by atoms with van der Waals surface area (Å²) in [6.07, 6.45) is 0. The van der Waals surface area contributed by atoms with Crippen LogP contribution in [0.25, 0.3) is 0 Å². The van der Waals surface area contributed by atoms with Gasteiger partial charge in [0.05, 0.1) is 17.0 Å². The summed E-state index contributed by atoms with van der Waals surface area (Å²) in [5.41, 5.74) is 0.606. The molecule has 4 heteroatoms. The molecule has 0 saturated heterocycles. The first-order chi connectivity index (χ1) is 6.69. The lowest BCUT2D eigenvalue weighted by Crippen LogP contribution is -2.01. The van der Waals surface area contributed by atoms with Gasteiger partial charge >= 0.3 is 0 Å². The maximum absolute atomic E-state index is 11.3. The standard InChI is InChI=1S/C10H10BrClO2/c1-2-14-10-5-7(9(13)6-11)3-4-8(10)12/h3-5H,2,6H2,1H3. The Balaban J connectivity index is 2.99. The van der Waals surface area contributed by atoms with E-state index < -0.39 is 0 Å². The van der Waals surface area contributed by atoms with Gasteiger partial charge in [0.25, 0.3) is 0 Å². The van der Waals surface area contributed by atoms with Crippen molar-refractivity contribution in [2.45, 2.75) is 6.92 Å². The molecular weight excluding hydrogens is 267 g/mol. The number of alkyl halides is 1. The maximum atomic E-state index is 11.3. The first-order valence-electron chi connectivity index (χ1n) is 4.20. The summed E-state index contributed by atoms with van der Waals surface area (Å²) in [5, 5.41) is 0.832. The molecule has 1 aromatic carbocycles. The molecule has 0 aliphatic heterocycles. The van der Waals surface area contributed by atoms with Gasteiger partial charge in [-0.2, -0.15) is 0 Å². The Morgan fingerprint density at radius 3 is 2.86 bits per heavy atom. The molecule has 0 aliphatic rings. The van der Waals surface area contributed by atoms with Crippen LogP contribution in [0, 0.1) is 0 Å². The number of ether oxygens (including phenoxy) is 1. The van der Waals surface area contributed by atoms with Gasteiger partial charge in [-0.25, -0.2) is 0 Å². The highest BCUT2D eigenvalue weighted by Gasteiger charge is 2.07. The van der Waals surface area contributed by atoms with Crippen LogP contribution in [-0.4, -0.2) is 17.7 Å². The van der Waals surface area contributed by atoms with Gasteiger partial charge in [-0.15, -0.1) is 0 Å². The van der Waals surface area contributed by atoms with E-state index in [-0.39, 0.29) is 5.78 Å². The molecule has 0 unspecified atom stereocenters. The zero-order valence-corrected chi connectivity index (χ0v) is 10.1. The normalized spacial score (nSPS) is 9.93. The minimum absolute atomic E-state index is 0.0163. The summed E-state index contributed by atoms with van der Waals surface area (Å²) in [5.74, 6) is 0.573. The van der Waals surface area contributed by atoms with Gasteiger partial charge in [-0.05, 0) is 25.1 Å². The van der Waals surface area contributed by atoms with E-state index >= 15 is 0 Å². The van der Waals surface area contributed by atoms with Crippen molar-refractivity contribution in [3.05, 3.63) is 28.8 Å². The van der Waals surface area contributed by atoms with Crippen molar-refractivity contribution in [3.8, 4) is 5.75 Å². The zero-order chi connectivity index (χ0) is 10.6. The van der Waals surface area contributed by atoms with Crippen LogP contribution in [0.4, 0.5) is 0 Å². The second-order valence-corrected chi connectivity index (χ2v) is 3.60. The predicted molar refractivity (Wildman–Crippen MR) is 60.7 cm³/mol. The first-order valence-corrected chi connectivity index (χ1v) is 5.70. The van der Waals surface area contributed by atoms with Gasteiger partial charge in [-0.3, -0.25) is 4.79 Å². The number of benzene rings is 1. The van der Waals surface area contributed by atoms with Crippen LogP contribution in [0.5, 0.6) is 5.75 Å². The third-order valence-electron chi connectivity index (χ3n) is 1.67. The summed E-state index contributed by atoms with van der Waals surface area (Å²) in [4.78, 5) is 11.3. The Morgan fingerprint density at radius 2 is 2.29 bits per heavy atom. The smallest absolute Gasteiger partial charge is 0.173 e. The average Bonchev–Trinajstić information content (AvgIpc) is 2.20. The summed E-state index contributed by atoms with van der Waals surface area (Å²) < 4.78 is 5.27. The highest BCUT2D eigenvalue weighted by Crippen LogP contribution is 2.25. The summed E-state index contributed by atoms with van der Waals surface area (Å²) >= 11 is 8.99. The Kier molecular flexibility index (Phi) is 4.42. The SMILES string of the molecule is CCOc1cc(C(=O)CBr)ccc1Cl. The van der Waals surface area contributed by atoms with E-state index in [0.29, 0.717) is 28.3 Å². The number of carbonyl (C=O) groups is 1. The molecule has 0 saturated carbocycles. The molecular formula is C10H10BrClO2. The van der Waals surface area contributed by atoms with E-state index in [1.54, 1.807) is 18.2 Å². The highest BCUT2D eigenvalue weighted by molar-refractivity contribution is 9.09.